The summed E-state index contributed by atoms with van der Waals surface area (Å²) in [6.07, 6.45) is 1.52. The van der Waals surface area contributed by atoms with Gasteiger partial charge in [0.1, 0.15) is 18.1 Å². The molecule has 0 saturated heterocycles. The molecule has 4 heteroatoms. The van der Waals surface area contributed by atoms with Gasteiger partial charge >= 0.3 is 0 Å². The highest BCUT2D eigenvalue weighted by molar-refractivity contribution is 5.79. The number of rotatable bonds is 5. The number of fused-ring (bicyclic) bond motifs is 1. The summed E-state index contributed by atoms with van der Waals surface area (Å²) in [4.78, 5) is 12.3. The maximum absolute atomic E-state index is 12.3. The highest BCUT2D eigenvalue weighted by Gasteiger charge is 2.26. The number of amides is 1. The monoisotopic (exact) mass is 311 g/mol. The van der Waals surface area contributed by atoms with E-state index in [0.717, 1.165) is 23.5 Å². The quantitative estimate of drug-likeness (QED) is 0.923. The zero-order chi connectivity index (χ0) is 16.1. The van der Waals surface area contributed by atoms with Gasteiger partial charge in [0.25, 0.3) is 0 Å². The van der Waals surface area contributed by atoms with Gasteiger partial charge < -0.3 is 14.8 Å². The van der Waals surface area contributed by atoms with Gasteiger partial charge in [-0.25, -0.2) is 0 Å². The summed E-state index contributed by atoms with van der Waals surface area (Å²) in [5.41, 5.74) is 2.25. The summed E-state index contributed by atoms with van der Waals surface area (Å²) in [5.74, 6) is 1.54. The van der Waals surface area contributed by atoms with E-state index in [1.807, 2.05) is 36.4 Å². The Morgan fingerprint density at radius 3 is 2.87 bits per heavy atom. The number of ether oxygens (including phenoxy) is 2. The lowest BCUT2D eigenvalue weighted by Gasteiger charge is -2.25. The van der Waals surface area contributed by atoms with Crippen molar-refractivity contribution < 1.29 is 14.3 Å². The SMILES string of the molecule is COc1ccc2c(c1)C[C@@H](C(=O)NCCc1ccccc1)CO2. The van der Waals surface area contributed by atoms with Crippen molar-refractivity contribution in [3.63, 3.8) is 0 Å². The van der Waals surface area contributed by atoms with Crippen LogP contribution in [0, 0.1) is 5.92 Å². The first-order valence-corrected chi connectivity index (χ1v) is 7.87. The molecule has 0 radical (unpaired) electrons. The second-order valence-electron chi connectivity index (χ2n) is 5.71. The largest absolute Gasteiger partial charge is 0.497 e. The van der Waals surface area contributed by atoms with Crippen LogP contribution < -0.4 is 14.8 Å². The van der Waals surface area contributed by atoms with E-state index in [2.05, 4.69) is 17.4 Å². The minimum absolute atomic E-state index is 0.0504. The van der Waals surface area contributed by atoms with Crippen molar-refractivity contribution >= 4 is 5.91 Å². The van der Waals surface area contributed by atoms with Crippen molar-refractivity contribution in [3.8, 4) is 11.5 Å². The summed E-state index contributed by atoms with van der Waals surface area (Å²) in [5, 5.41) is 3.01. The number of carbonyl (C=O) groups excluding carboxylic acids is 1. The van der Waals surface area contributed by atoms with Gasteiger partial charge in [-0.1, -0.05) is 30.3 Å². The third kappa shape index (κ3) is 3.83. The molecule has 1 aliphatic rings. The molecule has 3 rings (SSSR count). The van der Waals surface area contributed by atoms with Crippen molar-refractivity contribution in [2.24, 2.45) is 5.92 Å². The van der Waals surface area contributed by atoms with Crippen molar-refractivity contribution in [1.82, 2.24) is 5.32 Å². The van der Waals surface area contributed by atoms with Crippen LogP contribution in [0.4, 0.5) is 0 Å². The van der Waals surface area contributed by atoms with Crippen molar-refractivity contribution in [1.29, 1.82) is 0 Å². The predicted octanol–water partition coefficient (Wildman–Crippen LogP) is 2.61. The minimum Gasteiger partial charge on any atom is -0.497 e. The maximum atomic E-state index is 12.3. The van der Waals surface area contributed by atoms with E-state index in [9.17, 15) is 4.79 Å². The van der Waals surface area contributed by atoms with Crippen LogP contribution >= 0.6 is 0 Å². The molecule has 4 nitrogen and oxygen atoms in total. The van der Waals surface area contributed by atoms with Crippen molar-refractivity contribution in [2.45, 2.75) is 12.8 Å². The van der Waals surface area contributed by atoms with Crippen LogP contribution in [-0.4, -0.2) is 26.2 Å². The Balaban J connectivity index is 1.54. The molecular weight excluding hydrogens is 290 g/mol. The highest BCUT2D eigenvalue weighted by Crippen LogP contribution is 2.30. The normalized spacial score (nSPS) is 16.1. The molecule has 0 bridgehead atoms. The van der Waals surface area contributed by atoms with E-state index in [1.54, 1.807) is 7.11 Å². The Labute approximate surface area is 136 Å². The summed E-state index contributed by atoms with van der Waals surface area (Å²) in [6, 6.07) is 15.9. The summed E-state index contributed by atoms with van der Waals surface area (Å²) >= 11 is 0. The molecule has 2 aromatic rings. The molecule has 23 heavy (non-hydrogen) atoms. The number of benzene rings is 2. The second kappa shape index (κ2) is 7.18. The average Bonchev–Trinajstić information content (AvgIpc) is 2.61. The van der Waals surface area contributed by atoms with Crippen molar-refractivity contribution in [2.75, 3.05) is 20.3 Å². The Kier molecular flexibility index (Phi) is 4.81. The Bertz CT molecular complexity index is 670. The standard InChI is InChI=1S/C19H21NO3/c1-22-17-7-8-18-15(12-17)11-16(13-23-18)19(21)20-10-9-14-5-3-2-4-6-14/h2-8,12,16H,9-11,13H2,1H3,(H,20,21)/t16-/m1/s1. The lowest BCUT2D eigenvalue weighted by atomic mass is 9.95. The van der Waals surface area contributed by atoms with E-state index < -0.39 is 0 Å². The molecule has 1 amide bonds. The van der Waals surface area contributed by atoms with E-state index in [-0.39, 0.29) is 11.8 Å². The van der Waals surface area contributed by atoms with Crippen molar-refractivity contribution in [3.05, 3.63) is 59.7 Å². The molecule has 0 aromatic heterocycles. The molecule has 2 aromatic carbocycles. The minimum atomic E-state index is -0.148. The molecule has 0 unspecified atom stereocenters. The Hall–Kier alpha value is -2.49. The number of nitrogens with one attached hydrogen (secondary N) is 1. The number of hydrogen-bond acceptors (Lipinski definition) is 3. The Morgan fingerprint density at radius 1 is 1.26 bits per heavy atom. The molecular formula is C19H21NO3. The first kappa shape index (κ1) is 15.4. The molecule has 1 heterocycles. The van der Waals surface area contributed by atoms with Gasteiger partial charge in [-0.3, -0.25) is 4.79 Å². The lowest BCUT2D eigenvalue weighted by Crippen LogP contribution is -2.38. The topological polar surface area (TPSA) is 47.6 Å². The van der Waals surface area contributed by atoms with Gasteiger partial charge in [0.05, 0.1) is 13.0 Å². The van der Waals surface area contributed by atoms with Gasteiger partial charge in [0, 0.05) is 6.54 Å². The molecule has 1 aliphatic heterocycles. The fourth-order valence-electron chi connectivity index (χ4n) is 2.79. The van der Waals surface area contributed by atoms with Gasteiger partial charge in [-0.05, 0) is 42.2 Å². The third-order valence-electron chi connectivity index (χ3n) is 4.10. The lowest BCUT2D eigenvalue weighted by molar-refractivity contribution is -0.126. The zero-order valence-electron chi connectivity index (χ0n) is 13.2. The highest BCUT2D eigenvalue weighted by atomic mass is 16.5. The fourth-order valence-corrected chi connectivity index (χ4v) is 2.79. The number of methoxy groups -OCH3 is 1. The number of hydrogen-bond donors (Lipinski definition) is 1. The Morgan fingerprint density at radius 2 is 2.09 bits per heavy atom. The molecule has 1 atom stereocenters. The molecule has 0 fully saturated rings. The predicted molar refractivity (Wildman–Crippen MR) is 88.8 cm³/mol. The van der Waals surface area contributed by atoms with E-state index in [0.29, 0.717) is 19.6 Å². The van der Waals surface area contributed by atoms with Gasteiger partial charge in [0.15, 0.2) is 0 Å². The van der Waals surface area contributed by atoms with Crippen LogP contribution in [0.25, 0.3) is 0 Å². The van der Waals surface area contributed by atoms with Crippen LogP contribution in [0.3, 0.4) is 0 Å². The van der Waals surface area contributed by atoms with Gasteiger partial charge in [0.2, 0.25) is 5.91 Å². The molecule has 0 saturated carbocycles. The van der Waals surface area contributed by atoms with Crippen LogP contribution in [0.2, 0.25) is 0 Å². The molecule has 1 N–H and O–H groups in total. The van der Waals surface area contributed by atoms with E-state index in [4.69, 9.17) is 9.47 Å². The summed E-state index contributed by atoms with van der Waals surface area (Å²) in [6.45, 7) is 1.07. The first-order valence-electron chi connectivity index (χ1n) is 7.87. The summed E-state index contributed by atoms with van der Waals surface area (Å²) in [7, 11) is 1.64. The zero-order valence-corrected chi connectivity index (χ0v) is 13.2. The van der Waals surface area contributed by atoms with E-state index in [1.165, 1.54) is 5.56 Å². The third-order valence-corrected chi connectivity index (χ3v) is 4.10. The molecule has 120 valence electrons. The van der Waals surface area contributed by atoms with Gasteiger partial charge in [-0.2, -0.15) is 0 Å². The maximum Gasteiger partial charge on any atom is 0.226 e. The van der Waals surface area contributed by atoms with Crippen LogP contribution in [0.5, 0.6) is 11.5 Å². The fraction of sp³-hybridized carbons (Fsp3) is 0.316. The van der Waals surface area contributed by atoms with E-state index >= 15 is 0 Å². The smallest absolute Gasteiger partial charge is 0.226 e. The average molecular weight is 311 g/mol. The van der Waals surface area contributed by atoms with Crippen LogP contribution in [0.1, 0.15) is 11.1 Å². The molecule has 0 spiro atoms. The van der Waals surface area contributed by atoms with Gasteiger partial charge in [-0.15, -0.1) is 0 Å². The summed E-state index contributed by atoms with van der Waals surface area (Å²) < 4.78 is 10.9. The van der Waals surface area contributed by atoms with Crippen LogP contribution in [-0.2, 0) is 17.6 Å². The molecule has 0 aliphatic carbocycles. The number of carbonyl (C=O) groups is 1. The second-order valence-corrected chi connectivity index (χ2v) is 5.71. The first-order chi connectivity index (χ1) is 11.3. The van der Waals surface area contributed by atoms with Crippen LogP contribution in [0.15, 0.2) is 48.5 Å².